The molecule has 0 aliphatic rings. The lowest BCUT2D eigenvalue weighted by Crippen LogP contribution is -2.47. The zero-order valence-corrected chi connectivity index (χ0v) is 26.3. The van der Waals surface area contributed by atoms with Crippen LogP contribution in [0.4, 0.5) is 14.4 Å². The number of rotatable bonds is 11. The van der Waals surface area contributed by atoms with E-state index in [9.17, 15) is 19.2 Å². The molecule has 0 radical (unpaired) electrons. The molecule has 0 aliphatic carbocycles. The van der Waals surface area contributed by atoms with Crippen molar-refractivity contribution in [2.24, 2.45) is 0 Å². The maximum Gasteiger partial charge on any atom is 0.416 e. The van der Waals surface area contributed by atoms with Crippen LogP contribution in [0.15, 0.2) is 66.0 Å². The van der Waals surface area contributed by atoms with Gasteiger partial charge in [-0.3, -0.25) is 10.7 Å². The molecule has 1 unspecified atom stereocenters. The van der Waals surface area contributed by atoms with Crippen molar-refractivity contribution in [3.8, 4) is 0 Å². The molecule has 0 saturated heterocycles. The van der Waals surface area contributed by atoms with Gasteiger partial charge in [-0.25, -0.2) is 29.1 Å². The third-order valence-electron chi connectivity index (χ3n) is 5.91. The molecule has 2 aromatic carbocycles. The van der Waals surface area contributed by atoms with E-state index in [4.69, 9.17) is 24.4 Å². The summed E-state index contributed by atoms with van der Waals surface area (Å²) in [7, 11) is 1.24. The van der Waals surface area contributed by atoms with Crippen LogP contribution in [0.2, 0.25) is 0 Å². The van der Waals surface area contributed by atoms with Gasteiger partial charge in [-0.15, -0.1) is 11.3 Å². The summed E-state index contributed by atoms with van der Waals surface area (Å²) in [5.41, 5.74) is 0.808. The summed E-state index contributed by atoms with van der Waals surface area (Å²) in [6.45, 7) is 5.01. The van der Waals surface area contributed by atoms with E-state index in [2.05, 4.69) is 15.6 Å². The molecule has 14 heteroatoms. The zero-order valence-electron chi connectivity index (χ0n) is 25.5. The Kier molecular flexibility index (Phi) is 12.8. The van der Waals surface area contributed by atoms with Crippen molar-refractivity contribution in [3.05, 3.63) is 87.9 Å². The number of methoxy groups -OCH3 is 1. The summed E-state index contributed by atoms with van der Waals surface area (Å²) in [5.74, 6) is -1.18. The van der Waals surface area contributed by atoms with Crippen LogP contribution in [0.3, 0.4) is 0 Å². The molecule has 3 amide bonds. The molecule has 0 saturated carbocycles. The number of nitrogens with zero attached hydrogens (tertiary/aromatic N) is 2. The van der Waals surface area contributed by atoms with Crippen molar-refractivity contribution in [1.29, 1.82) is 5.41 Å². The largest absolute Gasteiger partial charge is 0.464 e. The van der Waals surface area contributed by atoms with Gasteiger partial charge in [0.15, 0.2) is 5.69 Å². The van der Waals surface area contributed by atoms with Crippen molar-refractivity contribution in [2.45, 2.75) is 58.5 Å². The standard InChI is InChI=1S/C31H37N5O8S/c1-31(2,3)44-29(39)34-23(25-33-24(20-45-25)26(37)41-4)16-11-17-36(30(40)43-19-22-14-9-6-10-15-22)27(32)35-28(38)42-18-21-12-7-5-8-13-21/h5-10,12-15,20,23H,11,16-19H2,1-4H3,(H,34,39)(H2,32,35,38). The Morgan fingerprint density at radius 2 is 1.53 bits per heavy atom. The highest BCUT2D eigenvalue weighted by Gasteiger charge is 2.26. The van der Waals surface area contributed by atoms with E-state index in [-0.39, 0.29) is 38.3 Å². The number of alkyl carbamates (subject to hydrolysis) is 2. The van der Waals surface area contributed by atoms with Crippen LogP contribution in [0.1, 0.15) is 66.3 Å². The minimum atomic E-state index is -0.924. The molecular weight excluding hydrogens is 602 g/mol. The molecule has 1 aromatic heterocycles. The highest BCUT2D eigenvalue weighted by molar-refractivity contribution is 7.09. The predicted octanol–water partition coefficient (Wildman–Crippen LogP) is 5.78. The summed E-state index contributed by atoms with van der Waals surface area (Å²) in [6.07, 6.45) is -2.05. The van der Waals surface area contributed by atoms with Crippen molar-refractivity contribution in [2.75, 3.05) is 13.7 Å². The molecule has 0 bridgehead atoms. The molecule has 3 aromatic rings. The number of carbonyl (C=O) groups excluding carboxylic acids is 4. The van der Waals surface area contributed by atoms with E-state index in [1.807, 2.05) is 12.1 Å². The Labute approximate surface area is 265 Å². The van der Waals surface area contributed by atoms with Gasteiger partial charge in [-0.2, -0.15) is 0 Å². The van der Waals surface area contributed by atoms with Crippen LogP contribution in [0.5, 0.6) is 0 Å². The number of esters is 1. The smallest absolute Gasteiger partial charge is 0.416 e. The fourth-order valence-corrected chi connectivity index (χ4v) is 4.70. The number of nitrogens with one attached hydrogen (secondary N) is 3. The van der Waals surface area contributed by atoms with Crippen LogP contribution in [-0.4, -0.2) is 59.3 Å². The molecule has 3 rings (SSSR count). The minimum Gasteiger partial charge on any atom is -0.464 e. The lowest BCUT2D eigenvalue weighted by molar-refractivity contribution is 0.0498. The Morgan fingerprint density at radius 3 is 2.11 bits per heavy atom. The van der Waals surface area contributed by atoms with E-state index >= 15 is 0 Å². The van der Waals surface area contributed by atoms with E-state index in [1.165, 1.54) is 12.5 Å². The monoisotopic (exact) mass is 639 g/mol. The average Bonchev–Trinajstić information content (AvgIpc) is 3.50. The maximum atomic E-state index is 13.1. The minimum absolute atomic E-state index is 0.0300. The van der Waals surface area contributed by atoms with Crippen LogP contribution in [0.25, 0.3) is 0 Å². The Balaban J connectivity index is 1.71. The first-order valence-electron chi connectivity index (χ1n) is 14.0. The summed E-state index contributed by atoms with van der Waals surface area (Å²) >= 11 is 1.15. The van der Waals surface area contributed by atoms with Gasteiger partial charge in [-0.1, -0.05) is 60.7 Å². The molecule has 1 atom stereocenters. The third kappa shape index (κ3) is 11.9. The van der Waals surface area contributed by atoms with Crippen LogP contribution in [0, 0.1) is 5.41 Å². The molecule has 13 nitrogen and oxygen atoms in total. The quantitative estimate of drug-likeness (QED) is 0.102. The maximum absolute atomic E-state index is 13.1. The number of amides is 3. The number of hydrogen-bond acceptors (Lipinski definition) is 11. The van der Waals surface area contributed by atoms with Crippen LogP contribution < -0.4 is 10.6 Å². The van der Waals surface area contributed by atoms with Gasteiger partial charge in [0, 0.05) is 11.9 Å². The van der Waals surface area contributed by atoms with Crippen LogP contribution >= 0.6 is 11.3 Å². The molecule has 0 fully saturated rings. The molecular formula is C31H37N5O8S. The summed E-state index contributed by atoms with van der Waals surface area (Å²) < 4.78 is 20.8. The topological polar surface area (TPSA) is 169 Å². The van der Waals surface area contributed by atoms with Crippen molar-refractivity contribution < 1.29 is 38.1 Å². The van der Waals surface area contributed by atoms with E-state index in [0.717, 1.165) is 27.4 Å². The van der Waals surface area contributed by atoms with Crippen molar-refractivity contribution in [3.63, 3.8) is 0 Å². The number of ether oxygens (including phenoxy) is 4. The lowest BCUT2D eigenvalue weighted by atomic mass is 10.1. The van der Waals surface area contributed by atoms with Gasteiger partial charge < -0.3 is 24.3 Å². The Bertz CT molecular complexity index is 1440. The summed E-state index contributed by atoms with van der Waals surface area (Å²) in [5, 5.41) is 15.4. The fraction of sp³-hybridized carbons (Fsp3) is 0.355. The van der Waals surface area contributed by atoms with Gasteiger partial charge in [0.05, 0.1) is 13.2 Å². The van der Waals surface area contributed by atoms with E-state index in [1.54, 1.807) is 69.3 Å². The predicted molar refractivity (Wildman–Crippen MR) is 166 cm³/mol. The molecule has 0 spiro atoms. The summed E-state index contributed by atoms with van der Waals surface area (Å²) in [6, 6.07) is 17.3. The molecule has 240 valence electrons. The number of aromatic nitrogens is 1. The number of carbonyl (C=O) groups is 4. The molecule has 0 aliphatic heterocycles. The Morgan fingerprint density at radius 1 is 0.933 bits per heavy atom. The molecule has 1 heterocycles. The highest BCUT2D eigenvalue weighted by atomic mass is 32.1. The van der Waals surface area contributed by atoms with Crippen molar-refractivity contribution >= 4 is 41.5 Å². The van der Waals surface area contributed by atoms with Crippen molar-refractivity contribution in [1.82, 2.24) is 20.5 Å². The summed E-state index contributed by atoms with van der Waals surface area (Å²) in [4.78, 5) is 55.5. The third-order valence-corrected chi connectivity index (χ3v) is 6.87. The average molecular weight is 640 g/mol. The second kappa shape index (κ2) is 16.8. The number of benzene rings is 2. The zero-order chi connectivity index (χ0) is 32.8. The van der Waals surface area contributed by atoms with Crippen LogP contribution in [-0.2, 0) is 32.2 Å². The number of hydrogen-bond donors (Lipinski definition) is 3. The van der Waals surface area contributed by atoms with Gasteiger partial charge in [0.1, 0.15) is 23.8 Å². The van der Waals surface area contributed by atoms with Gasteiger partial charge in [0.25, 0.3) is 0 Å². The highest BCUT2D eigenvalue weighted by Crippen LogP contribution is 2.24. The number of thiazole rings is 1. The second-order valence-corrected chi connectivity index (χ2v) is 11.5. The van der Waals surface area contributed by atoms with Gasteiger partial charge >= 0.3 is 24.2 Å². The first kappa shape index (κ1) is 34.5. The van der Waals surface area contributed by atoms with E-state index < -0.39 is 41.9 Å². The van der Waals surface area contributed by atoms with Gasteiger partial charge in [0.2, 0.25) is 5.96 Å². The fourth-order valence-electron chi connectivity index (χ4n) is 3.82. The van der Waals surface area contributed by atoms with Gasteiger partial charge in [-0.05, 0) is 44.7 Å². The molecule has 3 N–H and O–H groups in total. The number of guanidine groups is 1. The SMILES string of the molecule is COC(=O)c1csc(C(CCCN(C(=N)NC(=O)OCc2ccccc2)C(=O)OCc2ccccc2)NC(=O)OC(C)(C)C)n1. The lowest BCUT2D eigenvalue weighted by Gasteiger charge is -2.25. The first-order valence-corrected chi connectivity index (χ1v) is 14.9. The second-order valence-electron chi connectivity index (χ2n) is 10.6. The Hall–Kier alpha value is -4.98. The first-order chi connectivity index (χ1) is 21.4. The molecule has 45 heavy (non-hydrogen) atoms. The normalized spacial score (nSPS) is 11.5. The van der Waals surface area contributed by atoms with E-state index in [0.29, 0.717) is 5.01 Å².